The van der Waals surface area contributed by atoms with E-state index < -0.39 is 18.0 Å². The van der Waals surface area contributed by atoms with Gasteiger partial charge >= 0.3 is 11.9 Å². The second kappa shape index (κ2) is 10.7. The van der Waals surface area contributed by atoms with E-state index in [0.29, 0.717) is 29.4 Å². The Hall–Kier alpha value is -3.44. The summed E-state index contributed by atoms with van der Waals surface area (Å²) < 4.78 is 22.5. The van der Waals surface area contributed by atoms with Gasteiger partial charge in [-0.1, -0.05) is 22.0 Å². The maximum absolute atomic E-state index is 11.9. The molecule has 0 radical (unpaired) electrons. The number of ether oxygens (including phenoxy) is 4. The molecule has 1 atom stereocenters. The highest BCUT2D eigenvalue weighted by atomic mass is 79.9. The van der Waals surface area contributed by atoms with E-state index in [1.165, 1.54) is 20.5 Å². The van der Waals surface area contributed by atoms with E-state index in [-0.39, 0.29) is 19.7 Å². The van der Waals surface area contributed by atoms with E-state index >= 15 is 0 Å². The van der Waals surface area contributed by atoms with E-state index in [0.717, 1.165) is 15.5 Å². The van der Waals surface area contributed by atoms with Crippen LogP contribution in [0.1, 0.15) is 0 Å². The number of cyclic esters (lactones) is 1. The first-order valence-corrected chi connectivity index (χ1v) is 11.2. The molecule has 1 aromatic heterocycles. The minimum atomic E-state index is -0.550. The number of aromatic nitrogens is 2. The van der Waals surface area contributed by atoms with E-state index in [1.807, 2.05) is 24.3 Å². The molecule has 1 N–H and O–H groups in total. The summed E-state index contributed by atoms with van der Waals surface area (Å²) in [7, 11) is 2.85. The first-order chi connectivity index (χ1) is 16.4. The van der Waals surface area contributed by atoms with E-state index in [9.17, 15) is 9.59 Å². The molecule has 1 unspecified atom stereocenters. The molecular formula is C23H23BrN4O6. The molecule has 1 saturated heterocycles. The van der Waals surface area contributed by atoms with Crippen molar-refractivity contribution in [2.75, 3.05) is 45.8 Å². The Bertz CT molecular complexity index is 1210. The van der Waals surface area contributed by atoms with Gasteiger partial charge < -0.3 is 24.3 Å². The summed E-state index contributed by atoms with van der Waals surface area (Å²) in [6.07, 6.45) is 0.914. The number of halogens is 1. The van der Waals surface area contributed by atoms with Crippen molar-refractivity contribution in [3.63, 3.8) is 0 Å². The van der Waals surface area contributed by atoms with Gasteiger partial charge in [-0.3, -0.25) is 14.5 Å². The minimum absolute atomic E-state index is 0.00603. The number of methoxy groups -OCH3 is 2. The number of nitrogens with zero attached hydrogens (tertiary/aromatic N) is 3. The third-order valence-electron chi connectivity index (χ3n) is 5.13. The Morgan fingerprint density at radius 1 is 1.24 bits per heavy atom. The number of carbonyl (C=O) groups excluding carboxylic acids is 2. The third kappa shape index (κ3) is 5.72. The summed E-state index contributed by atoms with van der Waals surface area (Å²) >= 11 is 3.46. The van der Waals surface area contributed by atoms with Crippen LogP contribution in [0.2, 0.25) is 0 Å². The molecule has 0 spiro atoms. The van der Waals surface area contributed by atoms with Crippen molar-refractivity contribution in [3.05, 3.63) is 47.2 Å². The maximum atomic E-state index is 11.9. The number of hydrogen-bond acceptors (Lipinski definition) is 10. The fraction of sp³-hybridized carbons (Fsp3) is 0.304. The van der Waals surface area contributed by atoms with E-state index in [2.05, 4.69) is 36.0 Å². The fourth-order valence-corrected chi connectivity index (χ4v) is 3.97. The number of hydrogen-bond donors (Lipinski definition) is 1. The number of fused-ring (bicyclic) bond motifs is 1. The number of anilines is 2. The van der Waals surface area contributed by atoms with Crippen molar-refractivity contribution in [2.45, 2.75) is 6.10 Å². The molecule has 0 saturated carbocycles. The minimum Gasteiger partial charge on any atom is -0.493 e. The molecular weight excluding hydrogens is 508 g/mol. The van der Waals surface area contributed by atoms with E-state index in [4.69, 9.17) is 14.2 Å². The van der Waals surface area contributed by atoms with Crippen LogP contribution in [0.4, 0.5) is 11.5 Å². The summed E-state index contributed by atoms with van der Waals surface area (Å²) in [5.74, 6) is 0.701. The molecule has 178 valence electrons. The van der Waals surface area contributed by atoms with Crippen molar-refractivity contribution in [1.82, 2.24) is 14.9 Å². The number of rotatable bonds is 8. The zero-order valence-electron chi connectivity index (χ0n) is 18.6. The molecule has 34 heavy (non-hydrogen) atoms. The number of benzene rings is 2. The third-order valence-corrected chi connectivity index (χ3v) is 5.62. The quantitative estimate of drug-likeness (QED) is 0.436. The first kappa shape index (κ1) is 23.7. The molecule has 0 bridgehead atoms. The second-order valence-electron chi connectivity index (χ2n) is 7.55. The van der Waals surface area contributed by atoms with Gasteiger partial charge in [-0.2, -0.15) is 0 Å². The predicted molar refractivity (Wildman–Crippen MR) is 127 cm³/mol. The van der Waals surface area contributed by atoms with E-state index in [1.54, 1.807) is 17.0 Å². The van der Waals surface area contributed by atoms with Gasteiger partial charge in [0.1, 0.15) is 24.9 Å². The van der Waals surface area contributed by atoms with Crippen LogP contribution in [0.3, 0.4) is 0 Å². The van der Waals surface area contributed by atoms with Crippen LogP contribution in [0, 0.1) is 0 Å². The molecule has 2 aromatic carbocycles. The molecule has 3 aromatic rings. The normalized spacial score (nSPS) is 16.1. The number of carbonyl (C=O) groups is 2. The predicted octanol–water partition coefficient (Wildman–Crippen LogP) is 2.92. The van der Waals surface area contributed by atoms with Gasteiger partial charge in [0.15, 0.2) is 11.5 Å². The molecule has 11 heteroatoms. The van der Waals surface area contributed by atoms with Crippen molar-refractivity contribution in [3.8, 4) is 11.5 Å². The fourth-order valence-electron chi connectivity index (χ4n) is 3.57. The molecule has 0 aliphatic carbocycles. The van der Waals surface area contributed by atoms with Crippen LogP contribution in [0.25, 0.3) is 10.9 Å². The maximum Gasteiger partial charge on any atom is 0.320 e. The van der Waals surface area contributed by atoms with Crippen LogP contribution >= 0.6 is 15.9 Å². The lowest BCUT2D eigenvalue weighted by molar-refractivity contribution is -0.162. The molecule has 1 aliphatic heterocycles. The van der Waals surface area contributed by atoms with Gasteiger partial charge in [0.2, 0.25) is 0 Å². The standard InChI is InChI=1S/C23H23BrN4O6/c1-31-19-7-17-18(25-13-26-23(17)27-15-5-3-4-14(24)6-15)8-20(19)33-12-16-9-28(10-21(29)32-2)11-22(30)34-16/h3-8,13,16H,9-12H2,1-2H3,(H,25,26,27). The van der Waals surface area contributed by atoms with Crippen molar-refractivity contribution < 1.29 is 28.5 Å². The molecule has 4 rings (SSSR count). The van der Waals surface area contributed by atoms with Crippen molar-refractivity contribution in [1.29, 1.82) is 0 Å². The molecule has 10 nitrogen and oxygen atoms in total. The second-order valence-corrected chi connectivity index (χ2v) is 8.46. The number of morpholine rings is 1. The topological polar surface area (TPSA) is 112 Å². The van der Waals surface area contributed by atoms with Crippen molar-refractivity contribution >= 4 is 50.3 Å². The zero-order valence-corrected chi connectivity index (χ0v) is 20.2. The van der Waals surface area contributed by atoms with Crippen LogP contribution in [-0.4, -0.2) is 73.4 Å². The number of nitrogens with one attached hydrogen (secondary N) is 1. The zero-order chi connectivity index (χ0) is 24.1. The molecule has 1 fully saturated rings. The number of esters is 2. The Morgan fingerprint density at radius 2 is 2.09 bits per heavy atom. The van der Waals surface area contributed by atoms with Gasteiger partial charge in [-0.25, -0.2) is 9.97 Å². The van der Waals surface area contributed by atoms with Gasteiger partial charge in [-0.15, -0.1) is 0 Å². The molecule has 0 amide bonds. The Morgan fingerprint density at radius 3 is 2.85 bits per heavy atom. The summed E-state index contributed by atoms with van der Waals surface area (Å²) in [4.78, 5) is 33.9. The Kier molecular flexibility index (Phi) is 7.43. The van der Waals surface area contributed by atoms with Crippen LogP contribution < -0.4 is 14.8 Å². The first-order valence-electron chi connectivity index (χ1n) is 10.4. The molecule has 1 aliphatic rings. The van der Waals surface area contributed by atoms with Crippen LogP contribution in [0.5, 0.6) is 11.5 Å². The van der Waals surface area contributed by atoms with Gasteiger partial charge in [0.25, 0.3) is 0 Å². The lowest BCUT2D eigenvalue weighted by Gasteiger charge is -2.31. The Balaban J connectivity index is 1.51. The largest absolute Gasteiger partial charge is 0.493 e. The summed E-state index contributed by atoms with van der Waals surface area (Å²) in [5.41, 5.74) is 1.51. The molecule has 2 heterocycles. The highest BCUT2D eigenvalue weighted by Crippen LogP contribution is 2.35. The highest BCUT2D eigenvalue weighted by molar-refractivity contribution is 9.10. The highest BCUT2D eigenvalue weighted by Gasteiger charge is 2.29. The summed E-state index contributed by atoms with van der Waals surface area (Å²) in [6, 6.07) is 11.3. The summed E-state index contributed by atoms with van der Waals surface area (Å²) in [6.45, 7) is 0.459. The van der Waals surface area contributed by atoms with Crippen LogP contribution in [-0.2, 0) is 19.1 Å². The van der Waals surface area contributed by atoms with Gasteiger partial charge in [-0.05, 0) is 24.3 Å². The lowest BCUT2D eigenvalue weighted by atomic mass is 10.2. The van der Waals surface area contributed by atoms with Gasteiger partial charge in [0, 0.05) is 28.2 Å². The van der Waals surface area contributed by atoms with Crippen LogP contribution in [0.15, 0.2) is 47.2 Å². The summed E-state index contributed by atoms with van der Waals surface area (Å²) in [5, 5.41) is 4.04. The Labute approximate surface area is 204 Å². The lowest BCUT2D eigenvalue weighted by Crippen LogP contribution is -2.49. The monoisotopic (exact) mass is 530 g/mol. The average Bonchev–Trinajstić information content (AvgIpc) is 2.82. The van der Waals surface area contributed by atoms with Crippen molar-refractivity contribution in [2.24, 2.45) is 0 Å². The van der Waals surface area contributed by atoms with Gasteiger partial charge in [0.05, 0.1) is 32.8 Å². The SMILES string of the molecule is COC(=O)CN1CC(=O)OC(COc2cc3ncnc(Nc4cccc(Br)c4)c3cc2OC)C1. The smallest absolute Gasteiger partial charge is 0.320 e. The average molecular weight is 531 g/mol.